The second-order valence-corrected chi connectivity index (χ2v) is 7.99. The number of carbonyl (C=O) groups is 1. The summed E-state index contributed by atoms with van der Waals surface area (Å²) in [5.41, 5.74) is -0.529. The van der Waals surface area contributed by atoms with Gasteiger partial charge in [-0.25, -0.2) is 4.98 Å². The molecule has 13 heteroatoms. The number of hydrogen-bond donors (Lipinski definition) is 1. The Morgan fingerprint density at radius 2 is 2.06 bits per heavy atom. The molecular formula is C21H27F3N6O4. The van der Waals surface area contributed by atoms with Crippen LogP contribution in [0.4, 0.5) is 24.9 Å². The van der Waals surface area contributed by atoms with Gasteiger partial charge in [0.05, 0.1) is 32.1 Å². The average molecular weight is 484 g/mol. The maximum Gasteiger partial charge on any atom is 0.408 e. The van der Waals surface area contributed by atoms with Crippen molar-refractivity contribution in [3.05, 3.63) is 45.4 Å². The molecule has 4 heterocycles. The van der Waals surface area contributed by atoms with Crippen LogP contribution in [0, 0.1) is 0 Å². The molecule has 0 bridgehead atoms. The average Bonchev–Trinajstić information content (AvgIpc) is 2.79. The minimum Gasteiger partial charge on any atom is -0.377 e. The third-order valence-corrected chi connectivity index (χ3v) is 5.61. The normalized spacial score (nSPS) is 20.3. The predicted molar refractivity (Wildman–Crippen MR) is 118 cm³/mol. The summed E-state index contributed by atoms with van der Waals surface area (Å²) in [5.74, 6) is -0.109. The van der Waals surface area contributed by atoms with E-state index in [4.69, 9.17) is 4.74 Å². The fourth-order valence-corrected chi connectivity index (χ4v) is 3.80. The van der Waals surface area contributed by atoms with Crippen molar-refractivity contribution < 1.29 is 22.7 Å². The molecule has 186 valence electrons. The van der Waals surface area contributed by atoms with Crippen LogP contribution in [0.5, 0.6) is 0 Å². The largest absolute Gasteiger partial charge is 0.408 e. The number of nitrogens with one attached hydrogen (secondary N) is 1. The first-order valence-electron chi connectivity index (χ1n) is 10.9. The highest BCUT2D eigenvalue weighted by Crippen LogP contribution is 2.34. The van der Waals surface area contributed by atoms with E-state index in [2.05, 4.69) is 15.0 Å². The molecule has 34 heavy (non-hydrogen) atoms. The van der Waals surface area contributed by atoms with Crippen molar-refractivity contribution in [1.82, 2.24) is 19.5 Å². The van der Waals surface area contributed by atoms with Gasteiger partial charge in [-0.15, -0.1) is 0 Å². The fourth-order valence-electron chi connectivity index (χ4n) is 3.80. The first kappa shape index (κ1) is 25.4. The topological polar surface area (TPSA) is 113 Å². The second-order valence-electron chi connectivity index (χ2n) is 7.99. The number of fused-ring (bicyclic) bond motifs is 1. The van der Waals surface area contributed by atoms with Gasteiger partial charge in [-0.05, 0) is 13.3 Å². The Labute approximate surface area is 193 Å². The van der Waals surface area contributed by atoms with Crippen LogP contribution in [-0.4, -0.2) is 69.9 Å². The number of Topliss-reactive ketones (excluding diaryl/α,β-unsaturated/α-hetero) is 1. The van der Waals surface area contributed by atoms with Crippen molar-refractivity contribution in [2.45, 2.75) is 51.5 Å². The van der Waals surface area contributed by atoms with E-state index in [1.54, 1.807) is 6.92 Å². The molecule has 0 aliphatic carbocycles. The number of aromatic nitrogens is 4. The molecule has 10 nitrogen and oxygen atoms in total. The Morgan fingerprint density at radius 1 is 1.29 bits per heavy atom. The second kappa shape index (κ2) is 10.8. The van der Waals surface area contributed by atoms with E-state index < -0.39 is 24.3 Å². The van der Waals surface area contributed by atoms with Crippen LogP contribution >= 0.6 is 0 Å². The zero-order valence-corrected chi connectivity index (χ0v) is 18.9. The maximum absolute atomic E-state index is 13.6. The molecule has 2 aliphatic heterocycles. The minimum atomic E-state index is -4.51. The first-order chi connectivity index (χ1) is 16.1. The van der Waals surface area contributed by atoms with E-state index in [1.807, 2.05) is 11.8 Å². The van der Waals surface area contributed by atoms with Crippen LogP contribution in [0.1, 0.15) is 26.7 Å². The molecule has 2 aromatic heterocycles. The summed E-state index contributed by atoms with van der Waals surface area (Å²) in [5, 5.41) is 0. The summed E-state index contributed by atoms with van der Waals surface area (Å²) in [6, 6.07) is 0.817. The van der Waals surface area contributed by atoms with Gasteiger partial charge < -0.3 is 19.5 Å². The number of morpholine rings is 1. The van der Waals surface area contributed by atoms with Crippen molar-refractivity contribution in [1.29, 1.82) is 0 Å². The first-order valence-corrected chi connectivity index (χ1v) is 10.9. The van der Waals surface area contributed by atoms with Crippen LogP contribution < -0.4 is 20.9 Å². The Bertz CT molecular complexity index is 1090. The molecule has 1 fully saturated rings. The van der Waals surface area contributed by atoms with Gasteiger partial charge in [-0.1, -0.05) is 6.92 Å². The van der Waals surface area contributed by atoms with Crippen LogP contribution in [0.25, 0.3) is 0 Å². The SMILES string of the molecule is CCC(=O)CN1c2nc(N3CCOC[C@H]3C)cc(=O)n2CC[C@H]1C(F)(F)F.O=c1ccnc[nH]1. The Kier molecular flexibility index (Phi) is 8.07. The number of ether oxygens (including phenoxy) is 1. The Hall–Kier alpha value is -3.22. The van der Waals surface area contributed by atoms with E-state index in [0.717, 1.165) is 4.90 Å². The summed E-state index contributed by atoms with van der Waals surface area (Å²) >= 11 is 0. The highest BCUT2D eigenvalue weighted by molar-refractivity contribution is 5.83. The van der Waals surface area contributed by atoms with Crippen molar-refractivity contribution >= 4 is 17.5 Å². The number of H-pyrrole nitrogens is 1. The highest BCUT2D eigenvalue weighted by atomic mass is 19.4. The maximum atomic E-state index is 13.6. The van der Waals surface area contributed by atoms with Crippen molar-refractivity contribution in [3.63, 3.8) is 0 Å². The van der Waals surface area contributed by atoms with Crippen molar-refractivity contribution in [3.8, 4) is 0 Å². The number of rotatable bonds is 4. The molecule has 4 rings (SSSR count). The summed E-state index contributed by atoms with van der Waals surface area (Å²) in [7, 11) is 0. The van der Waals surface area contributed by atoms with Crippen molar-refractivity contribution in [2.75, 3.05) is 36.1 Å². The van der Waals surface area contributed by atoms with E-state index in [9.17, 15) is 27.6 Å². The van der Waals surface area contributed by atoms with Crippen LogP contribution in [0.2, 0.25) is 0 Å². The molecule has 0 aromatic carbocycles. The lowest BCUT2D eigenvalue weighted by Crippen LogP contribution is -2.54. The third-order valence-electron chi connectivity index (χ3n) is 5.61. The molecule has 2 aromatic rings. The van der Waals surface area contributed by atoms with Gasteiger partial charge in [0.1, 0.15) is 11.9 Å². The van der Waals surface area contributed by atoms with Gasteiger partial charge in [0.2, 0.25) is 5.95 Å². The zero-order chi connectivity index (χ0) is 24.9. The predicted octanol–water partition coefficient (Wildman–Crippen LogP) is 1.36. The summed E-state index contributed by atoms with van der Waals surface area (Å²) < 4.78 is 47.3. The number of alkyl halides is 3. The van der Waals surface area contributed by atoms with Crippen LogP contribution in [-0.2, 0) is 16.1 Å². The van der Waals surface area contributed by atoms with Gasteiger partial charge in [-0.2, -0.15) is 18.2 Å². The van der Waals surface area contributed by atoms with Crippen LogP contribution in [0.3, 0.4) is 0 Å². The number of nitrogens with zero attached hydrogens (tertiary/aromatic N) is 5. The molecule has 0 radical (unpaired) electrons. The van der Waals surface area contributed by atoms with Gasteiger partial charge >= 0.3 is 6.18 Å². The van der Waals surface area contributed by atoms with Crippen LogP contribution in [0.15, 0.2) is 34.2 Å². The number of carbonyl (C=O) groups excluding carboxylic acids is 1. The lowest BCUT2D eigenvalue weighted by molar-refractivity contribution is -0.153. The summed E-state index contributed by atoms with van der Waals surface area (Å²) in [6.07, 6.45) is -1.89. The quantitative estimate of drug-likeness (QED) is 0.692. The summed E-state index contributed by atoms with van der Waals surface area (Å²) in [6.45, 7) is 4.39. The minimum absolute atomic E-state index is 0.0542. The molecule has 0 spiro atoms. The van der Waals surface area contributed by atoms with E-state index in [-0.39, 0.29) is 42.7 Å². The lowest BCUT2D eigenvalue weighted by atomic mass is 10.1. The molecule has 0 amide bonds. The number of halogens is 3. The van der Waals surface area contributed by atoms with Gasteiger partial charge in [-0.3, -0.25) is 19.0 Å². The number of hydrogen-bond acceptors (Lipinski definition) is 8. The monoisotopic (exact) mass is 484 g/mol. The number of aromatic amines is 1. The van der Waals surface area contributed by atoms with E-state index >= 15 is 0 Å². The number of anilines is 2. The van der Waals surface area contributed by atoms with Gasteiger partial charge in [0.15, 0.2) is 5.78 Å². The van der Waals surface area contributed by atoms with E-state index in [1.165, 1.54) is 29.2 Å². The third kappa shape index (κ3) is 6.01. The smallest absolute Gasteiger partial charge is 0.377 e. The zero-order valence-electron chi connectivity index (χ0n) is 18.9. The molecule has 2 aliphatic rings. The molecule has 1 N–H and O–H groups in total. The molecule has 1 saturated heterocycles. The molecule has 0 saturated carbocycles. The summed E-state index contributed by atoms with van der Waals surface area (Å²) in [4.78, 5) is 47.8. The number of ketones is 1. The molecule has 2 atom stereocenters. The highest BCUT2D eigenvalue weighted by Gasteiger charge is 2.47. The molecule has 0 unspecified atom stereocenters. The molecular weight excluding hydrogens is 457 g/mol. The Balaban J connectivity index is 0.000000396. The standard InChI is InChI=1S/C17H23F3N4O3.C4H4N2O/c1-3-12(25)9-24-13(17(18,19)20)4-5-23-15(26)8-14(21-16(23)24)22-6-7-27-10-11(22)2;7-4-1-2-5-3-6-4/h8,11,13H,3-7,9-10H2,1-2H3;1-3H,(H,5,6,7)/t11-,13+;/m1./s1. The van der Waals surface area contributed by atoms with Gasteiger partial charge in [0.25, 0.3) is 11.1 Å². The fraction of sp³-hybridized carbons (Fsp3) is 0.571. The van der Waals surface area contributed by atoms with Crippen molar-refractivity contribution in [2.24, 2.45) is 0 Å². The van der Waals surface area contributed by atoms with E-state index in [0.29, 0.717) is 25.6 Å². The lowest BCUT2D eigenvalue weighted by Gasteiger charge is -2.40. The van der Waals surface area contributed by atoms with Gasteiger partial charge in [0, 0.05) is 37.8 Å². The Morgan fingerprint density at radius 3 is 2.62 bits per heavy atom.